The Morgan fingerprint density at radius 1 is 1.36 bits per heavy atom. The highest BCUT2D eigenvalue weighted by Crippen LogP contribution is 2.36. The Bertz CT molecular complexity index is 800. The molecule has 0 unspecified atom stereocenters. The molecule has 1 amide bonds. The fraction of sp³-hybridized carbons (Fsp3) is 0.500. The number of carbonyl (C=O) groups is 3. The van der Waals surface area contributed by atoms with Gasteiger partial charge in [-0.25, -0.2) is 8.78 Å². The summed E-state index contributed by atoms with van der Waals surface area (Å²) in [5.41, 5.74) is -0.0161. The number of nitro groups is 1. The van der Waals surface area contributed by atoms with Gasteiger partial charge in [-0.3, -0.25) is 24.5 Å². The highest BCUT2D eigenvalue weighted by Gasteiger charge is 2.44. The fourth-order valence-electron chi connectivity index (χ4n) is 3.30. The number of Topliss-reactive ketones (excluding diaryl/α,β-unsaturated/α-hetero) is 1. The van der Waals surface area contributed by atoms with Crippen molar-refractivity contribution in [2.24, 2.45) is 17.8 Å². The third kappa shape index (κ3) is 5.30. The zero-order valence-electron chi connectivity index (χ0n) is 15.3. The minimum absolute atomic E-state index is 0.0161. The first kappa shape index (κ1) is 21.4. The molecule has 1 aromatic carbocycles. The minimum Gasteiger partial charge on any atom is -0.453 e. The van der Waals surface area contributed by atoms with Crippen LogP contribution < -0.4 is 5.32 Å². The number of hydrogen-bond donors (Lipinski definition) is 1. The van der Waals surface area contributed by atoms with Gasteiger partial charge in [0, 0.05) is 34.9 Å². The van der Waals surface area contributed by atoms with Crippen LogP contribution in [-0.2, 0) is 19.1 Å². The quantitative estimate of drug-likeness (QED) is 0.428. The highest BCUT2D eigenvalue weighted by molar-refractivity contribution is 5.95. The van der Waals surface area contributed by atoms with Crippen molar-refractivity contribution < 1.29 is 32.8 Å². The van der Waals surface area contributed by atoms with Crippen LogP contribution in [0.5, 0.6) is 0 Å². The summed E-state index contributed by atoms with van der Waals surface area (Å²) in [5, 5.41) is 13.1. The van der Waals surface area contributed by atoms with Crippen molar-refractivity contribution >= 4 is 23.3 Å². The van der Waals surface area contributed by atoms with Crippen LogP contribution in [0.2, 0.25) is 0 Å². The van der Waals surface area contributed by atoms with Crippen LogP contribution in [0.3, 0.4) is 0 Å². The van der Waals surface area contributed by atoms with Gasteiger partial charge in [0.05, 0.1) is 6.42 Å². The molecule has 1 N–H and O–H groups in total. The summed E-state index contributed by atoms with van der Waals surface area (Å²) in [4.78, 5) is 46.5. The number of rotatable bonds is 7. The van der Waals surface area contributed by atoms with E-state index in [0.29, 0.717) is 0 Å². The molecule has 0 spiro atoms. The molecule has 1 aliphatic rings. The van der Waals surface area contributed by atoms with Crippen molar-refractivity contribution in [1.82, 2.24) is 0 Å². The fourth-order valence-corrected chi connectivity index (χ4v) is 3.30. The summed E-state index contributed by atoms with van der Waals surface area (Å²) in [7, 11) is 0. The number of benzene rings is 1. The monoisotopic (exact) mass is 398 g/mol. The Morgan fingerprint density at radius 3 is 2.64 bits per heavy atom. The van der Waals surface area contributed by atoms with Crippen LogP contribution in [-0.4, -0.2) is 35.2 Å². The second-order valence-electron chi connectivity index (χ2n) is 6.89. The van der Waals surface area contributed by atoms with E-state index in [0.717, 1.165) is 18.2 Å². The van der Waals surface area contributed by atoms with Crippen molar-refractivity contribution in [3.63, 3.8) is 0 Å². The van der Waals surface area contributed by atoms with Crippen LogP contribution >= 0.6 is 0 Å². The summed E-state index contributed by atoms with van der Waals surface area (Å²) in [6.45, 7) is 2.58. The van der Waals surface area contributed by atoms with Gasteiger partial charge in [-0.2, -0.15) is 0 Å². The lowest BCUT2D eigenvalue weighted by atomic mass is 9.88. The molecule has 0 radical (unpaired) electrons. The van der Waals surface area contributed by atoms with E-state index in [-0.39, 0.29) is 30.2 Å². The first-order valence-corrected chi connectivity index (χ1v) is 8.68. The molecule has 1 saturated carbocycles. The lowest BCUT2D eigenvalue weighted by Crippen LogP contribution is -2.32. The third-order valence-corrected chi connectivity index (χ3v) is 4.80. The number of amides is 1. The van der Waals surface area contributed by atoms with Crippen LogP contribution in [0.25, 0.3) is 0 Å². The maximum atomic E-state index is 13.2. The van der Waals surface area contributed by atoms with E-state index in [1.54, 1.807) is 6.92 Å². The molecule has 28 heavy (non-hydrogen) atoms. The molecule has 1 aromatic rings. The number of carbonyl (C=O) groups excluding carboxylic acids is 3. The summed E-state index contributed by atoms with van der Waals surface area (Å²) in [5.74, 6) is -5.68. The summed E-state index contributed by atoms with van der Waals surface area (Å²) in [6.07, 6.45) is -1.46. The van der Waals surface area contributed by atoms with Crippen molar-refractivity contribution in [2.75, 3.05) is 11.9 Å². The van der Waals surface area contributed by atoms with Gasteiger partial charge in [0.2, 0.25) is 6.54 Å². The van der Waals surface area contributed by atoms with Crippen LogP contribution in [0.4, 0.5) is 14.5 Å². The minimum atomic E-state index is -1.26. The Balaban J connectivity index is 1.93. The van der Waals surface area contributed by atoms with Gasteiger partial charge in [0.15, 0.2) is 17.7 Å². The molecule has 0 saturated heterocycles. The predicted octanol–water partition coefficient (Wildman–Crippen LogP) is 2.34. The number of ketones is 1. The molecule has 0 bridgehead atoms. The van der Waals surface area contributed by atoms with Crippen molar-refractivity contribution in [3.8, 4) is 0 Å². The topological polar surface area (TPSA) is 116 Å². The first-order valence-electron chi connectivity index (χ1n) is 8.68. The lowest BCUT2D eigenvalue weighted by Gasteiger charge is -2.18. The number of halogens is 2. The number of esters is 1. The van der Waals surface area contributed by atoms with Gasteiger partial charge in [-0.1, -0.05) is 6.92 Å². The maximum absolute atomic E-state index is 13.2. The molecule has 0 aliphatic heterocycles. The molecule has 0 aromatic heterocycles. The van der Waals surface area contributed by atoms with Crippen LogP contribution in [0.15, 0.2) is 18.2 Å². The average molecular weight is 398 g/mol. The van der Waals surface area contributed by atoms with Crippen LogP contribution in [0, 0.1) is 39.5 Å². The standard InChI is InChI=1S/C18H20F2N2O6/c1-9-5-16(23)12(13(9)8-22(26)27)7-17(24)28-10(2)18(25)21-11-3-4-14(19)15(20)6-11/h3-4,6,9-10,12-13H,5,7-8H2,1-2H3,(H,21,25)/t9-,10-,12-,13+/m0/s1. The number of ether oxygens (including phenoxy) is 1. The third-order valence-electron chi connectivity index (χ3n) is 4.80. The molecule has 8 nitrogen and oxygen atoms in total. The van der Waals surface area contributed by atoms with Gasteiger partial charge < -0.3 is 10.1 Å². The Labute approximate surface area is 159 Å². The molecule has 1 aliphatic carbocycles. The number of nitrogens with one attached hydrogen (secondary N) is 1. The van der Waals surface area contributed by atoms with Gasteiger partial charge in [-0.05, 0) is 25.0 Å². The zero-order valence-corrected chi connectivity index (χ0v) is 15.3. The predicted molar refractivity (Wildman–Crippen MR) is 92.8 cm³/mol. The Morgan fingerprint density at radius 2 is 2.04 bits per heavy atom. The van der Waals surface area contributed by atoms with Gasteiger partial charge in [-0.15, -0.1) is 0 Å². The van der Waals surface area contributed by atoms with E-state index in [4.69, 9.17) is 4.74 Å². The zero-order chi connectivity index (χ0) is 21.0. The van der Waals surface area contributed by atoms with Gasteiger partial charge in [0.25, 0.3) is 5.91 Å². The smallest absolute Gasteiger partial charge is 0.307 e. The van der Waals surface area contributed by atoms with Crippen LogP contribution in [0.1, 0.15) is 26.7 Å². The van der Waals surface area contributed by atoms with Crippen molar-refractivity contribution in [1.29, 1.82) is 0 Å². The largest absolute Gasteiger partial charge is 0.453 e. The molecule has 10 heteroatoms. The number of nitrogens with zero attached hydrogens (tertiary/aromatic N) is 1. The van der Waals surface area contributed by atoms with E-state index in [9.17, 15) is 33.3 Å². The lowest BCUT2D eigenvalue weighted by molar-refractivity contribution is -0.490. The number of hydrogen-bond acceptors (Lipinski definition) is 6. The van der Waals surface area contributed by atoms with Gasteiger partial charge in [0.1, 0.15) is 5.78 Å². The Hall–Kier alpha value is -2.91. The highest BCUT2D eigenvalue weighted by atomic mass is 19.2. The van der Waals surface area contributed by atoms with Crippen molar-refractivity contribution in [3.05, 3.63) is 39.9 Å². The molecular formula is C18H20F2N2O6. The van der Waals surface area contributed by atoms with E-state index >= 15 is 0 Å². The normalized spacial score (nSPS) is 22.6. The summed E-state index contributed by atoms with van der Waals surface area (Å²) >= 11 is 0. The molecular weight excluding hydrogens is 378 g/mol. The van der Waals surface area contributed by atoms with E-state index in [1.165, 1.54) is 6.92 Å². The second-order valence-corrected chi connectivity index (χ2v) is 6.89. The first-order chi connectivity index (χ1) is 13.1. The molecule has 2 rings (SSSR count). The van der Waals surface area contributed by atoms with Crippen molar-refractivity contribution in [2.45, 2.75) is 32.8 Å². The van der Waals surface area contributed by atoms with Gasteiger partial charge >= 0.3 is 5.97 Å². The molecule has 0 heterocycles. The Kier molecular flexibility index (Phi) is 6.76. The maximum Gasteiger partial charge on any atom is 0.307 e. The summed E-state index contributed by atoms with van der Waals surface area (Å²) in [6, 6.07) is 2.76. The molecule has 1 fully saturated rings. The van der Waals surface area contributed by atoms with E-state index < -0.39 is 52.9 Å². The molecule has 4 atom stereocenters. The van der Waals surface area contributed by atoms with E-state index in [1.807, 2.05) is 0 Å². The SMILES string of the molecule is C[C@H](OC(=O)C[C@@H]1C(=O)C[C@H](C)[C@H]1C[N+](=O)[O-])C(=O)Nc1ccc(F)c(F)c1. The number of anilines is 1. The average Bonchev–Trinajstić information content (AvgIpc) is 2.84. The molecule has 152 valence electrons. The van der Waals surface area contributed by atoms with E-state index in [2.05, 4.69) is 5.32 Å². The summed E-state index contributed by atoms with van der Waals surface area (Å²) < 4.78 is 31.1. The second kappa shape index (κ2) is 8.85.